The van der Waals surface area contributed by atoms with Gasteiger partial charge in [0.25, 0.3) is 0 Å². The SMILES string of the molecule is O=S(=O)(NC1C2CCC1Cc1cnccc1C2)c1ccc(Cl)s1. The molecule has 2 heterocycles. The number of pyridine rings is 1. The van der Waals surface area contributed by atoms with E-state index in [1.807, 2.05) is 12.4 Å². The normalized spacial score (nSPS) is 26.7. The van der Waals surface area contributed by atoms with Crippen LogP contribution in [-0.4, -0.2) is 19.4 Å². The van der Waals surface area contributed by atoms with Gasteiger partial charge in [0.1, 0.15) is 4.21 Å². The third kappa shape index (κ3) is 2.93. The first-order chi connectivity index (χ1) is 11.0. The summed E-state index contributed by atoms with van der Waals surface area (Å²) in [5.41, 5.74) is 2.58. The lowest BCUT2D eigenvalue weighted by atomic mass is 9.95. The molecule has 2 aromatic rings. The van der Waals surface area contributed by atoms with Crippen molar-refractivity contribution in [1.29, 1.82) is 0 Å². The molecular weight excluding hydrogens is 352 g/mol. The van der Waals surface area contributed by atoms with Crippen molar-refractivity contribution in [1.82, 2.24) is 9.71 Å². The molecule has 7 heteroatoms. The number of nitrogens with zero attached hydrogens (tertiary/aromatic N) is 1. The molecular formula is C16H17ClN2O2S2. The summed E-state index contributed by atoms with van der Waals surface area (Å²) in [6.45, 7) is 0. The van der Waals surface area contributed by atoms with E-state index < -0.39 is 10.0 Å². The molecule has 0 aliphatic heterocycles. The van der Waals surface area contributed by atoms with Gasteiger partial charge in [-0.3, -0.25) is 4.98 Å². The van der Waals surface area contributed by atoms with Gasteiger partial charge in [0.2, 0.25) is 10.0 Å². The van der Waals surface area contributed by atoms with E-state index >= 15 is 0 Å². The second-order valence-electron chi connectivity index (χ2n) is 6.36. The number of halogens is 1. The van der Waals surface area contributed by atoms with Crippen LogP contribution in [0.25, 0.3) is 0 Å². The van der Waals surface area contributed by atoms with Crippen LogP contribution < -0.4 is 4.72 Å². The van der Waals surface area contributed by atoms with E-state index in [2.05, 4.69) is 15.8 Å². The van der Waals surface area contributed by atoms with Crippen LogP contribution in [0.1, 0.15) is 24.0 Å². The summed E-state index contributed by atoms with van der Waals surface area (Å²) in [6.07, 6.45) is 7.72. The van der Waals surface area contributed by atoms with Crippen LogP contribution in [0, 0.1) is 11.8 Å². The zero-order valence-electron chi connectivity index (χ0n) is 12.4. The monoisotopic (exact) mass is 368 g/mol. The minimum absolute atomic E-state index is 0.00623. The van der Waals surface area contributed by atoms with Crippen LogP contribution in [-0.2, 0) is 22.9 Å². The predicted octanol–water partition coefficient (Wildman–Crippen LogP) is 3.27. The van der Waals surface area contributed by atoms with Crippen LogP contribution in [0.15, 0.2) is 34.8 Å². The molecule has 122 valence electrons. The van der Waals surface area contributed by atoms with Crippen LogP contribution in [0.4, 0.5) is 0 Å². The molecule has 3 unspecified atom stereocenters. The van der Waals surface area contributed by atoms with Crippen molar-refractivity contribution in [2.45, 2.75) is 35.9 Å². The number of hydrogen-bond acceptors (Lipinski definition) is 4. The summed E-state index contributed by atoms with van der Waals surface area (Å²) in [5.74, 6) is 0.699. The van der Waals surface area contributed by atoms with Gasteiger partial charge in [-0.25, -0.2) is 13.1 Å². The maximum atomic E-state index is 12.6. The van der Waals surface area contributed by atoms with Crippen molar-refractivity contribution in [2.24, 2.45) is 11.8 Å². The fourth-order valence-corrected chi connectivity index (χ4v) is 6.78. The van der Waals surface area contributed by atoms with Crippen molar-refractivity contribution in [3.8, 4) is 0 Å². The average Bonchev–Trinajstić information content (AvgIpc) is 3.04. The van der Waals surface area contributed by atoms with Crippen LogP contribution in [0.5, 0.6) is 0 Å². The molecule has 4 rings (SSSR count). The Morgan fingerprint density at radius 3 is 2.57 bits per heavy atom. The van der Waals surface area contributed by atoms with Crippen molar-refractivity contribution >= 4 is 33.0 Å². The Bertz CT molecular complexity index is 801. The smallest absolute Gasteiger partial charge is 0.250 e. The highest BCUT2D eigenvalue weighted by atomic mass is 35.5. The largest absolute Gasteiger partial charge is 0.264 e. The Morgan fingerprint density at radius 1 is 1.13 bits per heavy atom. The maximum absolute atomic E-state index is 12.6. The number of thiophene rings is 1. The molecule has 1 N–H and O–H groups in total. The van der Waals surface area contributed by atoms with E-state index in [0.29, 0.717) is 20.4 Å². The number of rotatable bonds is 3. The van der Waals surface area contributed by atoms with E-state index in [1.165, 1.54) is 11.1 Å². The van der Waals surface area contributed by atoms with E-state index in [4.69, 9.17) is 11.6 Å². The third-order valence-electron chi connectivity index (χ3n) is 5.00. The van der Waals surface area contributed by atoms with E-state index in [9.17, 15) is 8.42 Å². The summed E-state index contributed by atoms with van der Waals surface area (Å²) >= 11 is 6.99. The number of fused-ring (bicyclic) bond motifs is 3. The molecule has 2 bridgehead atoms. The minimum atomic E-state index is -3.50. The highest BCUT2D eigenvalue weighted by Gasteiger charge is 2.41. The first kappa shape index (κ1) is 15.6. The van der Waals surface area contributed by atoms with Crippen molar-refractivity contribution in [3.63, 3.8) is 0 Å². The zero-order valence-corrected chi connectivity index (χ0v) is 14.8. The molecule has 2 aliphatic carbocycles. The van der Waals surface area contributed by atoms with Gasteiger partial charge in [-0.05, 0) is 66.8 Å². The van der Waals surface area contributed by atoms with Gasteiger partial charge in [-0.15, -0.1) is 11.3 Å². The number of hydrogen-bond donors (Lipinski definition) is 1. The topological polar surface area (TPSA) is 59.1 Å². The Hall–Kier alpha value is -0.950. The number of sulfonamides is 1. The summed E-state index contributed by atoms with van der Waals surface area (Å²) in [5, 5.41) is 0. The van der Waals surface area contributed by atoms with E-state index in [-0.39, 0.29) is 6.04 Å². The summed E-state index contributed by atoms with van der Waals surface area (Å²) < 4.78 is 29.0. The lowest BCUT2D eigenvalue weighted by molar-refractivity contribution is 0.386. The highest BCUT2D eigenvalue weighted by molar-refractivity contribution is 7.91. The second-order valence-corrected chi connectivity index (χ2v) is 10.0. The Balaban J connectivity index is 1.61. The first-order valence-electron chi connectivity index (χ1n) is 7.72. The molecule has 2 aliphatic rings. The van der Waals surface area contributed by atoms with Crippen LogP contribution in [0.3, 0.4) is 0 Å². The van der Waals surface area contributed by atoms with Gasteiger partial charge in [-0.1, -0.05) is 11.6 Å². The Labute approximate surface area is 145 Å². The predicted molar refractivity (Wildman–Crippen MR) is 91.3 cm³/mol. The molecule has 1 fully saturated rings. The number of nitrogens with one attached hydrogen (secondary N) is 1. The van der Waals surface area contributed by atoms with Gasteiger partial charge in [0, 0.05) is 18.4 Å². The van der Waals surface area contributed by atoms with E-state index in [0.717, 1.165) is 37.0 Å². The first-order valence-corrected chi connectivity index (χ1v) is 10.4. The molecule has 23 heavy (non-hydrogen) atoms. The van der Waals surface area contributed by atoms with Gasteiger partial charge in [-0.2, -0.15) is 0 Å². The minimum Gasteiger partial charge on any atom is -0.264 e. The molecule has 4 nitrogen and oxygen atoms in total. The Kier molecular flexibility index (Phi) is 3.96. The molecule has 0 amide bonds. The molecule has 0 spiro atoms. The van der Waals surface area contributed by atoms with Gasteiger partial charge < -0.3 is 0 Å². The van der Waals surface area contributed by atoms with Crippen molar-refractivity contribution in [2.75, 3.05) is 0 Å². The maximum Gasteiger partial charge on any atom is 0.250 e. The molecule has 1 saturated carbocycles. The quantitative estimate of drug-likeness (QED) is 0.904. The van der Waals surface area contributed by atoms with Gasteiger partial charge >= 0.3 is 0 Å². The lowest BCUT2D eigenvalue weighted by Gasteiger charge is -2.23. The summed E-state index contributed by atoms with van der Waals surface area (Å²) in [4.78, 5) is 4.22. The number of aromatic nitrogens is 1. The molecule has 3 atom stereocenters. The van der Waals surface area contributed by atoms with Crippen molar-refractivity contribution in [3.05, 3.63) is 46.1 Å². The Morgan fingerprint density at radius 2 is 1.87 bits per heavy atom. The van der Waals surface area contributed by atoms with E-state index in [1.54, 1.807) is 12.1 Å². The van der Waals surface area contributed by atoms with Crippen LogP contribution >= 0.6 is 22.9 Å². The molecule has 2 aromatic heterocycles. The van der Waals surface area contributed by atoms with Crippen molar-refractivity contribution < 1.29 is 8.42 Å². The highest BCUT2D eigenvalue weighted by Crippen LogP contribution is 2.40. The summed E-state index contributed by atoms with van der Waals surface area (Å²) in [7, 11) is -3.50. The third-order valence-corrected chi connectivity index (χ3v) is 8.18. The van der Waals surface area contributed by atoms with Crippen LogP contribution in [0.2, 0.25) is 4.34 Å². The zero-order chi connectivity index (χ0) is 16.0. The standard InChI is InChI=1S/C16H17ClN2O2S2/c17-14-3-4-15(22-14)23(20,21)19-16-11-1-2-12(16)8-13-9-18-6-5-10(13)7-11/h3-6,9,11-12,16,19H,1-2,7-8H2. The summed E-state index contributed by atoms with van der Waals surface area (Å²) in [6, 6.07) is 5.27. The molecule has 0 saturated heterocycles. The fraction of sp³-hybridized carbons (Fsp3) is 0.438. The fourth-order valence-electron chi connectivity index (χ4n) is 3.91. The average molecular weight is 369 g/mol. The molecule has 0 aromatic carbocycles. The van der Waals surface area contributed by atoms with Gasteiger partial charge in [0.15, 0.2) is 0 Å². The second kappa shape index (κ2) is 5.84. The lowest BCUT2D eigenvalue weighted by Crippen LogP contribution is -2.41. The molecule has 0 radical (unpaired) electrons. The van der Waals surface area contributed by atoms with Gasteiger partial charge in [0.05, 0.1) is 4.34 Å².